The van der Waals surface area contributed by atoms with Crippen molar-refractivity contribution in [3.63, 3.8) is 0 Å². The van der Waals surface area contributed by atoms with Crippen molar-refractivity contribution in [3.05, 3.63) is 64.2 Å². The minimum atomic E-state index is -0.413. The smallest absolute Gasteiger partial charge is 0.0551 e. The Labute approximate surface area is 149 Å². The first-order chi connectivity index (χ1) is 11.2. The van der Waals surface area contributed by atoms with Crippen molar-refractivity contribution in [3.8, 4) is 11.1 Å². The van der Waals surface area contributed by atoms with Gasteiger partial charge in [0.15, 0.2) is 0 Å². The van der Waals surface area contributed by atoms with Gasteiger partial charge in [-0.05, 0) is 58.2 Å². The van der Waals surface area contributed by atoms with Crippen LogP contribution in [0.3, 0.4) is 0 Å². The molecule has 1 atom stereocenters. The van der Waals surface area contributed by atoms with Gasteiger partial charge >= 0.3 is 0 Å². The largest absolute Gasteiger partial charge is 0.0705 e. The van der Waals surface area contributed by atoms with Crippen molar-refractivity contribution in [1.29, 1.82) is 0 Å². The number of hydrogen-bond donors (Lipinski definition) is 0. The van der Waals surface area contributed by atoms with Gasteiger partial charge in [0.1, 0.15) is 0 Å². The van der Waals surface area contributed by atoms with Crippen LogP contribution < -0.4 is 0 Å². The minimum absolute atomic E-state index is 0.165. The van der Waals surface area contributed by atoms with Crippen LogP contribution in [-0.2, 0) is 5.41 Å². The highest BCUT2D eigenvalue weighted by molar-refractivity contribution is 6.58. The summed E-state index contributed by atoms with van der Waals surface area (Å²) in [6.07, 6.45) is 2.46. The fourth-order valence-corrected chi connectivity index (χ4v) is 6.15. The molecular formula is C23H29Si. The van der Waals surface area contributed by atoms with Gasteiger partial charge in [0.05, 0.1) is 8.80 Å². The molecule has 0 saturated carbocycles. The summed E-state index contributed by atoms with van der Waals surface area (Å²) in [4.78, 5) is 0. The molecule has 0 N–H and O–H groups in total. The molecule has 24 heavy (non-hydrogen) atoms. The van der Waals surface area contributed by atoms with E-state index in [-0.39, 0.29) is 5.41 Å². The highest BCUT2D eigenvalue weighted by atomic mass is 28.3. The molecule has 0 aliphatic heterocycles. The second-order valence-electron chi connectivity index (χ2n) is 8.44. The molecule has 0 nitrogen and oxygen atoms in total. The Hall–Kier alpha value is -1.60. The highest BCUT2D eigenvalue weighted by Crippen LogP contribution is 2.46. The topological polar surface area (TPSA) is 0 Å². The van der Waals surface area contributed by atoms with Gasteiger partial charge in [0, 0.05) is 0 Å². The van der Waals surface area contributed by atoms with Crippen LogP contribution in [0.15, 0.2) is 42.0 Å². The second kappa shape index (κ2) is 6.04. The number of fused-ring (bicyclic) bond motifs is 1. The molecule has 0 amide bonds. The lowest BCUT2D eigenvalue weighted by atomic mass is 9.78. The van der Waals surface area contributed by atoms with Crippen LogP contribution in [0.25, 0.3) is 17.2 Å². The van der Waals surface area contributed by atoms with Gasteiger partial charge in [-0.1, -0.05) is 81.9 Å². The van der Waals surface area contributed by atoms with E-state index >= 15 is 0 Å². The van der Waals surface area contributed by atoms with Gasteiger partial charge in [-0.15, -0.1) is 0 Å². The highest BCUT2D eigenvalue weighted by Gasteiger charge is 2.31. The Balaban J connectivity index is 2.37. The normalized spacial score (nSPS) is 17.2. The van der Waals surface area contributed by atoms with Crippen LogP contribution in [0.2, 0.25) is 13.1 Å². The lowest BCUT2D eigenvalue weighted by Crippen LogP contribution is -2.19. The third-order valence-electron chi connectivity index (χ3n) is 5.25. The first-order valence-corrected chi connectivity index (χ1v) is 11.5. The predicted octanol–water partition coefficient (Wildman–Crippen LogP) is 6.75. The quantitative estimate of drug-likeness (QED) is 0.533. The molecule has 0 saturated heterocycles. The Morgan fingerprint density at radius 2 is 1.58 bits per heavy atom. The predicted molar refractivity (Wildman–Crippen MR) is 109 cm³/mol. The summed E-state index contributed by atoms with van der Waals surface area (Å²) in [7, 11) is -0.413. The van der Waals surface area contributed by atoms with Crippen molar-refractivity contribution in [2.75, 3.05) is 0 Å². The first-order valence-electron chi connectivity index (χ1n) is 8.93. The average molecular weight is 334 g/mol. The van der Waals surface area contributed by atoms with E-state index in [1.165, 1.54) is 27.8 Å². The van der Waals surface area contributed by atoms with Gasteiger partial charge in [0.2, 0.25) is 0 Å². The Morgan fingerprint density at radius 3 is 2.12 bits per heavy atom. The van der Waals surface area contributed by atoms with Crippen LogP contribution in [0.5, 0.6) is 0 Å². The molecule has 2 aromatic carbocycles. The minimum Gasteiger partial charge on any atom is -0.0705 e. The maximum atomic E-state index is 2.52. The molecule has 0 heterocycles. The van der Waals surface area contributed by atoms with Crippen LogP contribution in [0.1, 0.15) is 55.5 Å². The van der Waals surface area contributed by atoms with E-state index in [1.54, 1.807) is 11.1 Å². The van der Waals surface area contributed by atoms with Gasteiger partial charge in [-0.3, -0.25) is 0 Å². The summed E-state index contributed by atoms with van der Waals surface area (Å²) >= 11 is 0. The lowest BCUT2D eigenvalue weighted by molar-refractivity contribution is 0.585. The van der Waals surface area contributed by atoms with Crippen LogP contribution >= 0.6 is 0 Å². The molecule has 3 rings (SSSR count). The SMILES string of the molecule is CC1=Cc2c(cc(C(C)(C)C)c(C)c2-c2ccccc2)C1[Si](C)C. The molecule has 1 aliphatic rings. The van der Waals surface area contributed by atoms with Crippen LogP contribution in [0, 0.1) is 6.92 Å². The number of benzene rings is 2. The molecule has 1 aliphatic carbocycles. The zero-order chi connectivity index (χ0) is 17.6. The average Bonchev–Trinajstić information content (AvgIpc) is 2.82. The molecule has 0 fully saturated rings. The number of rotatable bonds is 2. The van der Waals surface area contributed by atoms with Crippen molar-refractivity contribution >= 4 is 14.9 Å². The molecule has 0 aromatic heterocycles. The third kappa shape index (κ3) is 2.80. The van der Waals surface area contributed by atoms with Crippen molar-refractivity contribution in [2.24, 2.45) is 0 Å². The first kappa shape index (κ1) is 17.2. The van der Waals surface area contributed by atoms with E-state index in [2.05, 4.69) is 90.2 Å². The van der Waals surface area contributed by atoms with Gasteiger partial charge < -0.3 is 0 Å². The van der Waals surface area contributed by atoms with E-state index in [1.807, 2.05) is 0 Å². The van der Waals surface area contributed by atoms with Gasteiger partial charge in [-0.2, -0.15) is 0 Å². The van der Waals surface area contributed by atoms with E-state index in [0.29, 0.717) is 5.54 Å². The Bertz CT molecular complexity index is 789. The summed E-state index contributed by atoms with van der Waals surface area (Å²) in [5.74, 6) is 0. The molecule has 0 spiro atoms. The van der Waals surface area contributed by atoms with E-state index in [4.69, 9.17) is 0 Å². The van der Waals surface area contributed by atoms with Crippen molar-refractivity contribution in [1.82, 2.24) is 0 Å². The van der Waals surface area contributed by atoms with Crippen LogP contribution in [0.4, 0.5) is 0 Å². The van der Waals surface area contributed by atoms with Crippen molar-refractivity contribution < 1.29 is 0 Å². The van der Waals surface area contributed by atoms with E-state index in [9.17, 15) is 0 Å². The zero-order valence-electron chi connectivity index (χ0n) is 16.1. The van der Waals surface area contributed by atoms with E-state index < -0.39 is 8.80 Å². The Morgan fingerprint density at radius 1 is 0.958 bits per heavy atom. The number of hydrogen-bond acceptors (Lipinski definition) is 0. The monoisotopic (exact) mass is 333 g/mol. The molecule has 0 bridgehead atoms. The maximum Gasteiger partial charge on any atom is 0.0551 e. The number of allylic oxidation sites excluding steroid dienone is 1. The van der Waals surface area contributed by atoms with Gasteiger partial charge in [-0.25, -0.2) is 0 Å². The summed E-state index contributed by atoms with van der Waals surface area (Å²) in [5.41, 5.74) is 11.1. The van der Waals surface area contributed by atoms with Crippen molar-refractivity contribution in [2.45, 2.75) is 58.7 Å². The molecule has 125 valence electrons. The third-order valence-corrected chi connectivity index (χ3v) is 7.17. The molecule has 1 radical (unpaired) electrons. The maximum absolute atomic E-state index is 2.52. The molecule has 1 heteroatoms. The fourth-order valence-electron chi connectivity index (χ4n) is 4.30. The zero-order valence-corrected chi connectivity index (χ0v) is 17.1. The summed E-state index contributed by atoms with van der Waals surface area (Å²) < 4.78 is 0. The van der Waals surface area contributed by atoms with E-state index in [0.717, 1.165) is 0 Å². The molecule has 1 unspecified atom stereocenters. The summed E-state index contributed by atoms with van der Waals surface area (Å²) in [6, 6.07) is 13.5. The molecule has 2 aromatic rings. The second-order valence-corrected chi connectivity index (χ2v) is 11.2. The molecular weight excluding hydrogens is 304 g/mol. The Kier molecular flexibility index (Phi) is 4.33. The van der Waals surface area contributed by atoms with Gasteiger partial charge in [0.25, 0.3) is 0 Å². The fraction of sp³-hybridized carbons (Fsp3) is 0.391. The standard InChI is InChI=1S/C23H29Si/c1-15-13-18-19(22(15)24(6)7)14-20(23(3,4)5)16(2)21(18)17-11-9-8-10-12-17/h8-14,22H,1-7H3. The summed E-state index contributed by atoms with van der Waals surface area (Å²) in [5, 5.41) is 0. The summed E-state index contributed by atoms with van der Waals surface area (Å²) in [6.45, 7) is 16.5. The lowest BCUT2D eigenvalue weighted by Gasteiger charge is -2.28. The van der Waals surface area contributed by atoms with Crippen LogP contribution in [-0.4, -0.2) is 8.80 Å².